The smallest absolute Gasteiger partial charge is 0.232 e. The molecule has 2 atom stereocenters. The van der Waals surface area contributed by atoms with E-state index in [-0.39, 0.29) is 17.6 Å². The van der Waals surface area contributed by atoms with Crippen molar-refractivity contribution in [1.82, 2.24) is 0 Å². The molecule has 2 nitrogen and oxygen atoms in total. The van der Waals surface area contributed by atoms with Crippen LogP contribution in [0.5, 0.6) is 0 Å². The number of carbonyl (C=O) groups excluding carboxylic acids is 1. The van der Waals surface area contributed by atoms with E-state index in [1.807, 2.05) is 0 Å². The summed E-state index contributed by atoms with van der Waals surface area (Å²) in [5, 5.41) is 2.84. The molecular formula is C14H17BrFNO. The predicted molar refractivity (Wildman–Crippen MR) is 74.2 cm³/mol. The molecule has 0 saturated carbocycles. The second kappa shape index (κ2) is 5.39. The first-order valence-electron chi connectivity index (χ1n) is 6.32. The van der Waals surface area contributed by atoms with Crippen LogP contribution in [-0.4, -0.2) is 5.91 Å². The van der Waals surface area contributed by atoms with Crippen LogP contribution in [0, 0.1) is 11.7 Å². The van der Waals surface area contributed by atoms with Gasteiger partial charge in [-0.3, -0.25) is 4.79 Å². The van der Waals surface area contributed by atoms with Crippen molar-refractivity contribution >= 4 is 27.5 Å². The summed E-state index contributed by atoms with van der Waals surface area (Å²) in [5.74, 6) is -0.0585. The number of halogens is 2. The fraction of sp³-hybridized carbons (Fsp3) is 0.500. The molecule has 2 rings (SSSR count). The average Bonchev–Trinajstić information content (AvgIpc) is 2.58. The summed E-state index contributed by atoms with van der Waals surface area (Å²) in [7, 11) is 0. The lowest BCUT2D eigenvalue weighted by Gasteiger charge is -2.14. The Morgan fingerprint density at radius 2 is 2.22 bits per heavy atom. The van der Waals surface area contributed by atoms with Crippen molar-refractivity contribution < 1.29 is 9.18 Å². The maximum absolute atomic E-state index is 13.4. The predicted octanol–water partition coefficient (Wildman–Crippen LogP) is 4.45. The Labute approximate surface area is 115 Å². The van der Waals surface area contributed by atoms with Gasteiger partial charge in [0.15, 0.2) is 0 Å². The first kappa shape index (κ1) is 13.5. The van der Waals surface area contributed by atoms with E-state index in [4.69, 9.17) is 0 Å². The summed E-state index contributed by atoms with van der Waals surface area (Å²) in [4.78, 5) is 12.0. The fourth-order valence-electron chi connectivity index (χ4n) is 2.60. The van der Waals surface area contributed by atoms with Crippen LogP contribution in [0.2, 0.25) is 0 Å². The number of rotatable bonds is 4. The second-order valence-corrected chi connectivity index (χ2v) is 5.88. The molecule has 0 bridgehead atoms. The van der Waals surface area contributed by atoms with E-state index in [1.54, 1.807) is 0 Å². The van der Waals surface area contributed by atoms with Gasteiger partial charge in [-0.05, 0) is 46.0 Å². The van der Waals surface area contributed by atoms with Gasteiger partial charge in [-0.1, -0.05) is 26.7 Å². The highest BCUT2D eigenvalue weighted by Crippen LogP contribution is 2.41. The highest BCUT2D eigenvalue weighted by molar-refractivity contribution is 9.10. The van der Waals surface area contributed by atoms with Crippen molar-refractivity contribution in [2.45, 2.75) is 39.0 Å². The van der Waals surface area contributed by atoms with Crippen LogP contribution in [0.15, 0.2) is 16.6 Å². The van der Waals surface area contributed by atoms with Gasteiger partial charge in [-0.25, -0.2) is 4.39 Å². The van der Waals surface area contributed by atoms with Crippen molar-refractivity contribution in [1.29, 1.82) is 0 Å². The fourth-order valence-corrected chi connectivity index (χ4v) is 3.15. The molecule has 1 N–H and O–H groups in total. The number of anilines is 1. The molecule has 18 heavy (non-hydrogen) atoms. The van der Waals surface area contributed by atoms with E-state index >= 15 is 0 Å². The Kier molecular flexibility index (Phi) is 4.05. The minimum atomic E-state index is -0.301. The molecule has 4 heteroatoms. The monoisotopic (exact) mass is 313 g/mol. The maximum atomic E-state index is 13.4. The normalized spacial score (nSPS) is 19.6. The van der Waals surface area contributed by atoms with Gasteiger partial charge < -0.3 is 5.32 Å². The van der Waals surface area contributed by atoms with Gasteiger partial charge in [-0.15, -0.1) is 0 Å². The van der Waals surface area contributed by atoms with Crippen LogP contribution in [-0.2, 0) is 4.79 Å². The standard InChI is InChI=1S/C14H17BrFNO/c1-3-4-8(2)5-11-10-6-9(16)7-12(15)13(10)17-14(11)18/h6-8,11H,3-5H2,1-2H3,(H,17,18). The average molecular weight is 314 g/mol. The molecule has 1 aromatic carbocycles. The molecule has 1 heterocycles. The lowest BCUT2D eigenvalue weighted by Crippen LogP contribution is -2.14. The van der Waals surface area contributed by atoms with E-state index in [0.29, 0.717) is 10.4 Å². The summed E-state index contributed by atoms with van der Waals surface area (Å²) < 4.78 is 14.1. The summed E-state index contributed by atoms with van der Waals surface area (Å²) in [6.07, 6.45) is 2.98. The Morgan fingerprint density at radius 3 is 2.89 bits per heavy atom. The third-order valence-corrected chi connectivity index (χ3v) is 4.07. The quantitative estimate of drug-likeness (QED) is 0.874. The van der Waals surface area contributed by atoms with Gasteiger partial charge in [-0.2, -0.15) is 0 Å². The number of benzene rings is 1. The van der Waals surface area contributed by atoms with Crippen molar-refractivity contribution in [3.05, 3.63) is 28.0 Å². The largest absolute Gasteiger partial charge is 0.324 e. The first-order valence-corrected chi connectivity index (χ1v) is 7.12. The highest BCUT2D eigenvalue weighted by Gasteiger charge is 2.33. The summed E-state index contributed by atoms with van der Waals surface area (Å²) in [6.45, 7) is 4.28. The zero-order chi connectivity index (χ0) is 13.3. The van der Waals surface area contributed by atoms with E-state index in [9.17, 15) is 9.18 Å². The lowest BCUT2D eigenvalue weighted by molar-refractivity contribution is -0.117. The Bertz CT molecular complexity index is 475. The molecule has 1 aromatic rings. The van der Waals surface area contributed by atoms with Crippen LogP contribution in [0.3, 0.4) is 0 Å². The molecule has 0 fully saturated rings. The van der Waals surface area contributed by atoms with Crippen LogP contribution in [0.25, 0.3) is 0 Å². The second-order valence-electron chi connectivity index (χ2n) is 5.02. The molecule has 98 valence electrons. The van der Waals surface area contributed by atoms with Gasteiger partial charge in [0.2, 0.25) is 5.91 Å². The maximum Gasteiger partial charge on any atom is 0.232 e. The number of amides is 1. The lowest BCUT2D eigenvalue weighted by atomic mass is 9.88. The van der Waals surface area contributed by atoms with Crippen molar-refractivity contribution in [2.24, 2.45) is 5.92 Å². The van der Waals surface area contributed by atoms with Gasteiger partial charge in [0, 0.05) is 4.47 Å². The van der Waals surface area contributed by atoms with Crippen molar-refractivity contribution in [2.75, 3.05) is 5.32 Å². The van der Waals surface area contributed by atoms with Crippen LogP contribution in [0.4, 0.5) is 10.1 Å². The molecule has 0 saturated heterocycles. The Balaban J connectivity index is 2.27. The zero-order valence-corrected chi connectivity index (χ0v) is 12.2. The number of nitrogens with one attached hydrogen (secondary N) is 1. The van der Waals surface area contributed by atoms with Gasteiger partial charge in [0.1, 0.15) is 5.82 Å². The van der Waals surface area contributed by atoms with Gasteiger partial charge in [0.25, 0.3) is 0 Å². The molecule has 0 radical (unpaired) electrons. The van der Waals surface area contributed by atoms with Crippen LogP contribution < -0.4 is 5.32 Å². The molecule has 0 aliphatic carbocycles. The van der Waals surface area contributed by atoms with Crippen LogP contribution in [0.1, 0.15) is 44.6 Å². The molecule has 2 unspecified atom stereocenters. The highest BCUT2D eigenvalue weighted by atomic mass is 79.9. The van der Waals surface area contributed by atoms with E-state index in [1.165, 1.54) is 12.1 Å². The molecule has 1 amide bonds. The molecule has 1 aliphatic rings. The Morgan fingerprint density at radius 1 is 1.50 bits per heavy atom. The third-order valence-electron chi connectivity index (χ3n) is 3.45. The van der Waals surface area contributed by atoms with Gasteiger partial charge in [0.05, 0.1) is 11.6 Å². The summed E-state index contributed by atoms with van der Waals surface area (Å²) >= 11 is 3.30. The Hall–Kier alpha value is -0.900. The van der Waals surface area contributed by atoms with Crippen molar-refractivity contribution in [3.8, 4) is 0 Å². The minimum absolute atomic E-state index is 0.0146. The van der Waals surface area contributed by atoms with E-state index < -0.39 is 0 Å². The summed E-state index contributed by atoms with van der Waals surface area (Å²) in [6, 6.07) is 2.86. The van der Waals surface area contributed by atoms with Crippen LogP contribution >= 0.6 is 15.9 Å². The molecule has 1 aliphatic heterocycles. The zero-order valence-electron chi connectivity index (χ0n) is 10.6. The van der Waals surface area contributed by atoms with E-state index in [2.05, 4.69) is 35.1 Å². The first-order chi connectivity index (χ1) is 8.52. The topological polar surface area (TPSA) is 29.1 Å². The number of hydrogen-bond acceptors (Lipinski definition) is 1. The van der Waals surface area contributed by atoms with Gasteiger partial charge >= 0.3 is 0 Å². The minimum Gasteiger partial charge on any atom is -0.324 e. The number of carbonyl (C=O) groups is 1. The molecule has 0 spiro atoms. The van der Waals surface area contributed by atoms with E-state index in [0.717, 1.165) is 30.5 Å². The van der Waals surface area contributed by atoms with Crippen molar-refractivity contribution in [3.63, 3.8) is 0 Å². The number of fused-ring (bicyclic) bond motifs is 1. The molecule has 0 aromatic heterocycles. The summed E-state index contributed by atoms with van der Waals surface area (Å²) in [5.41, 5.74) is 1.52. The number of hydrogen-bond donors (Lipinski definition) is 1. The molecular weight excluding hydrogens is 297 g/mol. The third kappa shape index (κ3) is 2.58. The SMILES string of the molecule is CCCC(C)CC1C(=O)Nc2c(Br)cc(F)cc21.